The number of carbonyl (C=O) groups excluding carboxylic acids is 1. The van der Waals surface area contributed by atoms with Crippen molar-refractivity contribution in [2.24, 2.45) is 0 Å². The maximum absolute atomic E-state index is 10.9. The van der Waals surface area contributed by atoms with Crippen LogP contribution >= 0.6 is 0 Å². The molecule has 4 nitrogen and oxygen atoms in total. The highest BCUT2D eigenvalue weighted by atomic mass is 16.5. The molecule has 0 aromatic rings. The van der Waals surface area contributed by atoms with E-state index < -0.39 is 12.1 Å². The van der Waals surface area contributed by atoms with Gasteiger partial charge in [0, 0.05) is 0 Å². The van der Waals surface area contributed by atoms with Crippen molar-refractivity contribution in [3.05, 3.63) is 24.0 Å². The summed E-state index contributed by atoms with van der Waals surface area (Å²) >= 11 is 0. The van der Waals surface area contributed by atoms with Crippen molar-refractivity contribution < 1.29 is 19.4 Å². The van der Waals surface area contributed by atoms with Gasteiger partial charge in [0.05, 0.1) is 25.0 Å². The molecule has 0 saturated heterocycles. The van der Waals surface area contributed by atoms with Crippen LogP contribution in [0.15, 0.2) is 24.0 Å². The largest absolute Gasteiger partial charge is 0.496 e. The molecule has 0 fully saturated rings. The Morgan fingerprint density at radius 3 is 3.19 bits per heavy atom. The lowest BCUT2D eigenvalue weighted by Gasteiger charge is -2.18. The minimum Gasteiger partial charge on any atom is -0.496 e. The predicted molar refractivity (Wildman–Crippen MR) is 59.7 cm³/mol. The maximum Gasteiger partial charge on any atom is 0.333 e. The molecular weight excluding hydrogens is 208 g/mol. The molecule has 4 heteroatoms. The van der Waals surface area contributed by atoms with Gasteiger partial charge in [0.15, 0.2) is 0 Å². The number of hydrogen-bond acceptors (Lipinski definition) is 4. The van der Waals surface area contributed by atoms with Gasteiger partial charge >= 0.3 is 5.97 Å². The fraction of sp³-hybridized carbons (Fsp3) is 0.583. The summed E-state index contributed by atoms with van der Waals surface area (Å²) in [5.74, 6) is -0.416. The molecule has 0 radical (unpaired) electrons. The Morgan fingerprint density at radius 1 is 1.69 bits per heavy atom. The van der Waals surface area contributed by atoms with Crippen molar-refractivity contribution in [2.45, 2.75) is 32.3 Å². The van der Waals surface area contributed by atoms with Crippen LogP contribution in [-0.2, 0) is 14.3 Å². The SMILES string of the molecule is CCOC(=O)/C=C/OCC1=CCCCC1O. The van der Waals surface area contributed by atoms with Crippen LogP contribution in [0.1, 0.15) is 26.2 Å². The summed E-state index contributed by atoms with van der Waals surface area (Å²) in [5, 5.41) is 9.60. The summed E-state index contributed by atoms with van der Waals surface area (Å²) in [7, 11) is 0. The van der Waals surface area contributed by atoms with E-state index in [1.165, 1.54) is 12.3 Å². The third-order valence-corrected chi connectivity index (χ3v) is 2.35. The van der Waals surface area contributed by atoms with Crippen LogP contribution in [0, 0.1) is 0 Å². The number of esters is 1. The number of rotatable bonds is 5. The van der Waals surface area contributed by atoms with Crippen LogP contribution in [0.25, 0.3) is 0 Å². The molecular formula is C12H18O4. The lowest BCUT2D eigenvalue weighted by Crippen LogP contribution is -2.17. The van der Waals surface area contributed by atoms with Gasteiger partial charge in [0.1, 0.15) is 6.61 Å². The summed E-state index contributed by atoms with van der Waals surface area (Å²) in [6, 6.07) is 0. The molecule has 0 bridgehead atoms. The second kappa shape index (κ2) is 7.06. The van der Waals surface area contributed by atoms with E-state index in [1.54, 1.807) is 6.92 Å². The molecule has 0 heterocycles. The number of carbonyl (C=O) groups is 1. The number of allylic oxidation sites excluding steroid dienone is 1. The minimum atomic E-state index is -0.416. The molecule has 0 amide bonds. The van der Waals surface area contributed by atoms with E-state index in [-0.39, 0.29) is 0 Å². The van der Waals surface area contributed by atoms with Crippen molar-refractivity contribution in [3.63, 3.8) is 0 Å². The van der Waals surface area contributed by atoms with E-state index in [4.69, 9.17) is 4.74 Å². The third kappa shape index (κ3) is 4.49. The molecule has 0 spiro atoms. The standard InChI is InChI=1S/C12H18O4/c1-2-16-12(14)7-8-15-9-10-5-3-4-6-11(10)13/h5,7-8,11,13H,2-4,6,9H2,1H3/b8-7+. The lowest BCUT2D eigenvalue weighted by molar-refractivity contribution is -0.137. The topological polar surface area (TPSA) is 55.8 Å². The van der Waals surface area contributed by atoms with Gasteiger partial charge in [0.2, 0.25) is 0 Å². The second-order valence-corrected chi connectivity index (χ2v) is 3.59. The molecule has 1 rings (SSSR count). The fourth-order valence-electron chi connectivity index (χ4n) is 1.51. The zero-order chi connectivity index (χ0) is 11.8. The number of ether oxygens (including phenoxy) is 2. The summed E-state index contributed by atoms with van der Waals surface area (Å²) in [6.07, 6.45) is 6.92. The van der Waals surface area contributed by atoms with E-state index in [0.717, 1.165) is 24.8 Å². The Kier molecular flexibility index (Phi) is 5.64. The average Bonchev–Trinajstić information content (AvgIpc) is 2.27. The van der Waals surface area contributed by atoms with Gasteiger partial charge in [0.25, 0.3) is 0 Å². The summed E-state index contributed by atoms with van der Waals surface area (Å²) < 4.78 is 9.84. The van der Waals surface area contributed by atoms with E-state index >= 15 is 0 Å². The highest BCUT2D eigenvalue weighted by Gasteiger charge is 2.14. The minimum absolute atomic E-state index is 0.330. The molecule has 16 heavy (non-hydrogen) atoms. The first-order chi connectivity index (χ1) is 7.74. The molecule has 90 valence electrons. The van der Waals surface area contributed by atoms with Crippen molar-refractivity contribution in [2.75, 3.05) is 13.2 Å². The smallest absolute Gasteiger partial charge is 0.333 e. The van der Waals surface area contributed by atoms with Crippen LogP contribution in [0.3, 0.4) is 0 Å². The molecule has 0 aromatic heterocycles. The van der Waals surface area contributed by atoms with Gasteiger partial charge in [-0.05, 0) is 31.8 Å². The van der Waals surface area contributed by atoms with Crippen LogP contribution < -0.4 is 0 Å². The Bertz CT molecular complexity index is 281. The van der Waals surface area contributed by atoms with Crippen LogP contribution in [0.2, 0.25) is 0 Å². The predicted octanol–water partition coefficient (Wildman–Crippen LogP) is 1.55. The van der Waals surface area contributed by atoms with Crippen molar-refractivity contribution >= 4 is 5.97 Å². The van der Waals surface area contributed by atoms with Crippen molar-refractivity contribution in [3.8, 4) is 0 Å². The molecule has 1 aliphatic rings. The average molecular weight is 226 g/mol. The Hall–Kier alpha value is -1.29. The van der Waals surface area contributed by atoms with Crippen LogP contribution in [0.4, 0.5) is 0 Å². The lowest BCUT2D eigenvalue weighted by atomic mass is 9.97. The third-order valence-electron chi connectivity index (χ3n) is 2.35. The van der Waals surface area contributed by atoms with Gasteiger partial charge in [-0.1, -0.05) is 6.08 Å². The Morgan fingerprint density at radius 2 is 2.50 bits per heavy atom. The van der Waals surface area contributed by atoms with Gasteiger partial charge < -0.3 is 14.6 Å². The summed E-state index contributed by atoms with van der Waals surface area (Å²) in [4.78, 5) is 10.9. The van der Waals surface area contributed by atoms with Crippen LogP contribution in [0.5, 0.6) is 0 Å². The molecule has 1 unspecified atom stereocenters. The Labute approximate surface area is 95.6 Å². The molecule has 0 aromatic carbocycles. The zero-order valence-electron chi connectivity index (χ0n) is 9.52. The highest BCUT2D eigenvalue weighted by Crippen LogP contribution is 2.18. The highest BCUT2D eigenvalue weighted by molar-refractivity contribution is 5.81. The Balaban J connectivity index is 2.24. The molecule has 0 saturated carbocycles. The number of aliphatic hydroxyl groups is 1. The molecule has 1 atom stereocenters. The van der Waals surface area contributed by atoms with E-state index in [2.05, 4.69) is 4.74 Å². The summed E-state index contributed by atoms with van der Waals surface area (Å²) in [5.41, 5.74) is 0.889. The van der Waals surface area contributed by atoms with E-state index in [1.807, 2.05) is 6.08 Å². The van der Waals surface area contributed by atoms with Gasteiger partial charge in [-0.15, -0.1) is 0 Å². The fourth-order valence-corrected chi connectivity index (χ4v) is 1.51. The molecule has 0 aliphatic heterocycles. The number of hydrogen-bond donors (Lipinski definition) is 1. The first-order valence-corrected chi connectivity index (χ1v) is 5.56. The molecule has 1 aliphatic carbocycles. The van der Waals surface area contributed by atoms with Gasteiger partial charge in [-0.2, -0.15) is 0 Å². The second-order valence-electron chi connectivity index (χ2n) is 3.59. The van der Waals surface area contributed by atoms with E-state index in [0.29, 0.717) is 13.2 Å². The monoisotopic (exact) mass is 226 g/mol. The number of aliphatic hydroxyl groups excluding tert-OH is 1. The normalized spacial score (nSPS) is 20.6. The first kappa shape index (κ1) is 12.8. The summed E-state index contributed by atoms with van der Waals surface area (Å²) in [6.45, 7) is 2.43. The van der Waals surface area contributed by atoms with Crippen molar-refractivity contribution in [1.82, 2.24) is 0 Å². The molecule has 1 N–H and O–H groups in total. The van der Waals surface area contributed by atoms with Crippen molar-refractivity contribution in [1.29, 1.82) is 0 Å². The van der Waals surface area contributed by atoms with Gasteiger partial charge in [-0.3, -0.25) is 0 Å². The quantitative estimate of drug-likeness (QED) is 0.334. The van der Waals surface area contributed by atoms with Crippen LogP contribution in [-0.4, -0.2) is 30.4 Å². The van der Waals surface area contributed by atoms with E-state index in [9.17, 15) is 9.90 Å². The zero-order valence-corrected chi connectivity index (χ0v) is 9.52. The van der Waals surface area contributed by atoms with Gasteiger partial charge in [-0.25, -0.2) is 4.79 Å². The first-order valence-electron chi connectivity index (χ1n) is 5.56. The maximum atomic E-state index is 10.9.